The Kier molecular flexibility index (Phi) is 3.70. The number of benzene rings is 2. The lowest BCUT2D eigenvalue weighted by atomic mass is 10.1. The summed E-state index contributed by atoms with van der Waals surface area (Å²) in [6.45, 7) is 3.89. The molecule has 4 heteroatoms. The Bertz CT molecular complexity index is 628. The van der Waals surface area contributed by atoms with Crippen LogP contribution in [0.15, 0.2) is 36.4 Å². The Morgan fingerprint density at radius 3 is 2.90 bits per heavy atom. The summed E-state index contributed by atoms with van der Waals surface area (Å²) in [5.74, 6) is 1.64. The van der Waals surface area contributed by atoms with Crippen molar-refractivity contribution >= 4 is 17.3 Å². The molecule has 20 heavy (non-hydrogen) atoms. The molecule has 0 amide bonds. The number of hydrogen-bond acceptors (Lipinski definition) is 3. The van der Waals surface area contributed by atoms with E-state index in [1.165, 1.54) is 5.56 Å². The van der Waals surface area contributed by atoms with Crippen LogP contribution in [0.5, 0.6) is 11.5 Å². The summed E-state index contributed by atoms with van der Waals surface area (Å²) in [5.41, 5.74) is 3.17. The lowest BCUT2D eigenvalue weighted by molar-refractivity contribution is 0.170. The van der Waals surface area contributed by atoms with Gasteiger partial charge in [-0.3, -0.25) is 0 Å². The number of para-hydroxylation sites is 1. The predicted octanol–water partition coefficient (Wildman–Crippen LogP) is 4.03. The molecule has 0 radical (unpaired) electrons. The molecule has 0 spiro atoms. The maximum Gasteiger partial charge on any atom is 0.166 e. The maximum absolute atomic E-state index is 6.19. The van der Waals surface area contributed by atoms with Crippen molar-refractivity contribution in [2.75, 3.05) is 18.5 Å². The van der Waals surface area contributed by atoms with E-state index in [-0.39, 0.29) is 0 Å². The van der Waals surface area contributed by atoms with E-state index in [0.717, 1.165) is 27.8 Å². The number of halogens is 1. The topological polar surface area (TPSA) is 30.5 Å². The molecule has 1 aliphatic rings. The van der Waals surface area contributed by atoms with Crippen LogP contribution in [-0.2, 0) is 6.54 Å². The summed E-state index contributed by atoms with van der Waals surface area (Å²) in [5, 5.41) is 4.07. The minimum atomic E-state index is 0.592. The SMILES string of the molecule is Cc1ccc(Cl)c(NCc2cccc3c2OCCO3)c1. The van der Waals surface area contributed by atoms with Crippen LogP contribution in [0.2, 0.25) is 5.02 Å². The first-order valence-corrected chi connectivity index (χ1v) is 6.99. The molecule has 0 fully saturated rings. The first-order valence-electron chi connectivity index (χ1n) is 6.61. The summed E-state index contributed by atoms with van der Waals surface area (Å²) in [6.07, 6.45) is 0. The van der Waals surface area contributed by atoms with Crippen LogP contribution in [0.3, 0.4) is 0 Å². The lowest BCUT2D eigenvalue weighted by Gasteiger charge is -2.21. The number of nitrogens with one attached hydrogen (secondary N) is 1. The summed E-state index contributed by atoms with van der Waals surface area (Å²) in [4.78, 5) is 0. The highest BCUT2D eigenvalue weighted by atomic mass is 35.5. The van der Waals surface area contributed by atoms with E-state index in [9.17, 15) is 0 Å². The van der Waals surface area contributed by atoms with Crippen molar-refractivity contribution in [1.82, 2.24) is 0 Å². The molecule has 0 unspecified atom stereocenters. The summed E-state index contributed by atoms with van der Waals surface area (Å²) < 4.78 is 11.3. The number of anilines is 1. The maximum atomic E-state index is 6.19. The monoisotopic (exact) mass is 289 g/mol. The summed E-state index contributed by atoms with van der Waals surface area (Å²) in [7, 11) is 0. The zero-order chi connectivity index (χ0) is 13.9. The van der Waals surface area contributed by atoms with Crippen molar-refractivity contribution in [2.24, 2.45) is 0 Å². The van der Waals surface area contributed by atoms with Crippen LogP contribution >= 0.6 is 11.6 Å². The van der Waals surface area contributed by atoms with Crippen LogP contribution in [0.25, 0.3) is 0 Å². The largest absolute Gasteiger partial charge is 0.486 e. The van der Waals surface area contributed by atoms with E-state index in [2.05, 4.69) is 5.32 Å². The molecular formula is C16H16ClNO2. The fourth-order valence-electron chi connectivity index (χ4n) is 2.24. The summed E-state index contributed by atoms with van der Waals surface area (Å²) in [6, 6.07) is 11.9. The lowest BCUT2D eigenvalue weighted by Crippen LogP contribution is -2.17. The van der Waals surface area contributed by atoms with Gasteiger partial charge < -0.3 is 14.8 Å². The minimum Gasteiger partial charge on any atom is -0.486 e. The van der Waals surface area contributed by atoms with Crippen LogP contribution < -0.4 is 14.8 Å². The molecule has 104 valence electrons. The molecule has 1 N–H and O–H groups in total. The van der Waals surface area contributed by atoms with Gasteiger partial charge in [-0.25, -0.2) is 0 Å². The zero-order valence-corrected chi connectivity index (χ0v) is 12.0. The molecule has 2 aromatic rings. The van der Waals surface area contributed by atoms with Crippen LogP contribution in [-0.4, -0.2) is 13.2 Å². The molecule has 3 nitrogen and oxygen atoms in total. The van der Waals surface area contributed by atoms with Gasteiger partial charge in [0.25, 0.3) is 0 Å². The third kappa shape index (κ3) is 2.68. The van der Waals surface area contributed by atoms with Crippen LogP contribution in [0, 0.1) is 6.92 Å². The molecule has 1 heterocycles. The standard InChI is InChI=1S/C16H16ClNO2/c1-11-5-6-13(17)14(9-11)18-10-12-3-2-4-15-16(12)20-8-7-19-15/h2-6,9,18H,7-8,10H2,1H3. The highest BCUT2D eigenvalue weighted by molar-refractivity contribution is 6.33. The van der Waals surface area contributed by atoms with Gasteiger partial charge in [0.2, 0.25) is 0 Å². The molecule has 0 bridgehead atoms. The third-order valence-corrected chi connectivity index (χ3v) is 3.57. The number of ether oxygens (including phenoxy) is 2. The Hall–Kier alpha value is -1.87. The van der Waals surface area contributed by atoms with Gasteiger partial charge in [0.15, 0.2) is 11.5 Å². The average Bonchev–Trinajstić information content (AvgIpc) is 2.48. The van der Waals surface area contributed by atoms with Gasteiger partial charge in [0.1, 0.15) is 13.2 Å². The van der Waals surface area contributed by atoms with Gasteiger partial charge >= 0.3 is 0 Å². The third-order valence-electron chi connectivity index (χ3n) is 3.24. The Labute approximate surface area is 123 Å². The van der Waals surface area contributed by atoms with Gasteiger partial charge in [-0.1, -0.05) is 29.8 Å². The van der Waals surface area contributed by atoms with Crippen molar-refractivity contribution < 1.29 is 9.47 Å². The molecular weight excluding hydrogens is 274 g/mol. The molecule has 0 saturated heterocycles. The van der Waals surface area contributed by atoms with Gasteiger partial charge in [-0.05, 0) is 30.7 Å². The van der Waals surface area contributed by atoms with Crippen molar-refractivity contribution in [3.63, 3.8) is 0 Å². The highest BCUT2D eigenvalue weighted by Crippen LogP contribution is 2.34. The fourth-order valence-corrected chi connectivity index (χ4v) is 2.42. The van der Waals surface area contributed by atoms with E-state index in [4.69, 9.17) is 21.1 Å². The number of aryl methyl sites for hydroxylation is 1. The molecule has 2 aromatic carbocycles. The van der Waals surface area contributed by atoms with E-state index >= 15 is 0 Å². The summed E-state index contributed by atoms with van der Waals surface area (Å²) >= 11 is 6.19. The quantitative estimate of drug-likeness (QED) is 0.925. The average molecular weight is 290 g/mol. The van der Waals surface area contributed by atoms with Crippen molar-refractivity contribution in [2.45, 2.75) is 13.5 Å². The van der Waals surface area contributed by atoms with Gasteiger partial charge in [-0.15, -0.1) is 0 Å². The molecule has 1 aliphatic heterocycles. The molecule has 3 rings (SSSR count). The van der Waals surface area contributed by atoms with Crippen molar-refractivity contribution in [3.05, 3.63) is 52.5 Å². The molecule has 0 aromatic heterocycles. The van der Waals surface area contributed by atoms with Gasteiger partial charge in [0.05, 0.1) is 10.7 Å². The van der Waals surface area contributed by atoms with Gasteiger partial charge in [0, 0.05) is 12.1 Å². The second-order valence-electron chi connectivity index (χ2n) is 4.78. The van der Waals surface area contributed by atoms with E-state index in [1.54, 1.807) is 0 Å². The van der Waals surface area contributed by atoms with E-state index in [1.807, 2.05) is 43.3 Å². The second kappa shape index (κ2) is 5.63. The fraction of sp³-hybridized carbons (Fsp3) is 0.250. The zero-order valence-electron chi connectivity index (χ0n) is 11.3. The Morgan fingerprint density at radius 1 is 1.15 bits per heavy atom. The first kappa shape index (κ1) is 13.1. The molecule has 0 atom stereocenters. The molecule has 0 saturated carbocycles. The Morgan fingerprint density at radius 2 is 2.00 bits per heavy atom. The number of rotatable bonds is 3. The van der Waals surface area contributed by atoms with Crippen molar-refractivity contribution in [1.29, 1.82) is 0 Å². The van der Waals surface area contributed by atoms with E-state index in [0.29, 0.717) is 19.8 Å². The highest BCUT2D eigenvalue weighted by Gasteiger charge is 2.15. The number of fused-ring (bicyclic) bond motifs is 1. The molecule has 0 aliphatic carbocycles. The van der Waals surface area contributed by atoms with E-state index < -0.39 is 0 Å². The number of hydrogen-bond donors (Lipinski definition) is 1. The Balaban J connectivity index is 1.80. The van der Waals surface area contributed by atoms with Crippen LogP contribution in [0.1, 0.15) is 11.1 Å². The normalized spacial score (nSPS) is 13.1. The van der Waals surface area contributed by atoms with Crippen molar-refractivity contribution in [3.8, 4) is 11.5 Å². The van der Waals surface area contributed by atoms with Gasteiger partial charge in [-0.2, -0.15) is 0 Å². The smallest absolute Gasteiger partial charge is 0.166 e. The second-order valence-corrected chi connectivity index (χ2v) is 5.19. The minimum absolute atomic E-state index is 0.592. The first-order chi connectivity index (χ1) is 9.74. The predicted molar refractivity (Wildman–Crippen MR) is 80.9 cm³/mol. The van der Waals surface area contributed by atoms with Crippen LogP contribution in [0.4, 0.5) is 5.69 Å².